The van der Waals surface area contributed by atoms with E-state index in [2.05, 4.69) is 12.2 Å². The normalized spacial score (nSPS) is 34.3. The SMILES string of the molecule is CC[C@@H]1C[C@H]1C(=O)NCC[C@@H]1C[C@H](OC)CN1C(=O)[C@@H]1CCC[C@@H]1C(=O)OC. The number of carbonyl (C=O) groups excluding carboxylic acids is 3. The monoisotopic (exact) mass is 394 g/mol. The van der Waals surface area contributed by atoms with Crippen LogP contribution in [0, 0.1) is 23.7 Å². The van der Waals surface area contributed by atoms with Crippen LogP contribution in [0.3, 0.4) is 0 Å². The lowest BCUT2D eigenvalue weighted by molar-refractivity contribution is -0.152. The van der Waals surface area contributed by atoms with E-state index in [1.807, 2.05) is 4.90 Å². The summed E-state index contributed by atoms with van der Waals surface area (Å²) < 4.78 is 10.4. The maximum Gasteiger partial charge on any atom is 0.309 e. The van der Waals surface area contributed by atoms with Crippen molar-refractivity contribution in [1.29, 1.82) is 0 Å². The summed E-state index contributed by atoms with van der Waals surface area (Å²) in [6.07, 6.45) is 5.88. The van der Waals surface area contributed by atoms with E-state index in [-0.39, 0.29) is 47.7 Å². The molecule has 2 aliphatic carbocycles. The van der Waals surface area contributed by atoms with Gasteiger partial charge in [-0.05, 0) is 38.0 Å². The maximum absolute atomic E-state index is 13.2. The van der Waals surface area contributed by atoms with Crippen molar-refractivity contribution in [2.45, 2.75) is 64.0 Å². The summed E-state index contributed by atoms with van der Waals surface area (Å²) in [4.78, 5) is 39.3. The van der Waals surface area contributed by atoms with E-state index in [4.69, 9.17) is 9.47 Å². The second-order valence-electron chi connectivity index (χ2n) is 8.50. The van der Waals surface area contributed by atoms with Crippen molar-refractivity contribution in [2.75, 3.05) is 27.3 Å². The number of ether oxygens (including phenoxy) is 2. The van der Waals surface area contributed by atoms with Crippen molar-refractivity contribution in [1.82, 2.24) is 10.2 Å². The highest BCUT2D eigenvalue weighted by Gasteiger charge is 2.45. The Morgan fingerprint density at radius 3 is 2.46 bits per heavy atom. The van der Waals surface area contributed by atoms with Crippen molar-refractivity contribution in [3.8, 4) is 0 Å². The van der Waals surface area contributed by atoms with E-state index >= 15 is 0 Å². The van der Waals surface area contributed by atoms with Gasteiger partial charge in [0.2, 0.25) is 11.8 Å². The van der Waals surface area contributed by atoms with Gasteiger partial charge in [0.1, 0.15) is 0 Å². The number of nitrogens with zero attached hydrogens (tertiary/aromatic N) is 1. The lowest BCUT2D eigenvalue weighted by Crippen LogP contribution is -2.43. The summed E-state index contributed by atoms with van der Waals surface area (Å²) in [5, 5.41) is 3.04. The molecule has 6 atom stereocenters. The smallest absolute Gasteiger partial charge is 0.309 e. The number of amides is 2. The van der Waals surface area contributed by atoms with Gasteiger partial charge in [-0.25, -0.2) is 0 Å². The predicted molar refractivity (Wildman–Crippen MR) is 103 cm³/mol. The molecule has 0 aromatic carbocycles. The molecule has 28 heavy (non-hydrogen) atoms. The molecule has 0 radical (unpaired) electrons. The molecule has 1 N–H and O–H groups in total. The van der Waals surface area contributed by atoms with Gasteiger partial charge in [-0.1, -0.05) is 19.8 Å². The summed E-state index contributed by atoms with van der Waals surface area (Å²) >= 11 is 0. The van der Waals surface area contributed by atoms with Crippen LogP contribution in [0.4, 0.5) is 0 Å². The van der Waals surface area contributed by atoms with Gasteiger partial charge >= 0.3 is 5.97 Å². The zero-order valence-corrected chi connectivity index (χ0v) is 17.3. The van der Waals surface area contributed by atoms with Crippen LogP contribution in [0.15, 0.2) is 0 Å². The summed E-state index contributed by atoms with van der Waals surface area (Å²) in [7, 11) is 3.05. The van der Waals surface area contributed by atoms with Crippen molar-refractivity contribution in [2.24, 2.45) is 23.7 Å². The highest BCUT2D eigenvalue weighted by Crippen LogP contribution is 2.41. The van der Waals surface area contributed by atoms with Crippen molar-refractivity contribution in [3.63, 3.8) is 0 Å². The summed E-state index contributed by atoms with van der Waals surface area (Å²) in [5.74, 6) is -0.00347. The van der Waals surface area contributed by atoms with Crippen LogP contribution in [0.1, 0.15) is 51.9 Å². The molecule has 1 aliphatic heterocycles. The zero-order chi connectivity index (χ0) is 20.3. The minimum atomic E-state index is -0.333. The Labute approximate surface area is 167 Å². The average molecular weight is 395 g/mol. The number of nitrogens with one attached hydrogen (secondary N) is 1. The third-order valence-electron chi connectivity index (χ3n) is 6.89. The predicted octanol–water partition coefficient (Wildman–Crippen LogP) is 1.74. The third kappa shape index (κ3) is 4.50. The Morgan fingerprint density at radius 1 is 1.07 bits per heavy atom. The number of methoxy groups -OCH3 is 2. The standard InChI is InChI=1S/C21H34N2O5/c1-4-13-10-18(13)19(24)22-9-8-14-11-15(27-2)12-23(14)20(25)16-6-5-7-17(16)21(26)28-3/h13-18H,4-12H2,1-3H3,(H,22,24)/t13-,14-,15+,16-,17+,18-/m1/s1. The molecule has 7 nitrogen and oxygen atoms in total. The molecule has 7 heteroatoms. The van der Waals surface area contributed by atoms with E-state index in [1.54, 1.807) is 7.11 Å². The Kier molecular flexibility index (Phi) is 6.96. The molecule has 3 rings (SSSR count). The third-order valence-corrected chi connectivity index (χ3v) is 6.89. The molecule has 2 saturated carbocycles. The summed E-state index contributed by atoms with van der Waals surface area (Å²) in [5.41, 5.74) is 0. The van der Waals surface area contributed by atoms with Crippen molar-refractivity contribution >= 4 is 17.8 Å². The molecule has 158 valence electrons. The molecule has 1 saturated heterocycles. The highest BCUT2D eigenvalue weighted by atomic mass is 16.5. The van der Waals surface area contributed by atoms with E-state index in [0.29, 0.717) is 25.4 Å². The minimum absolute atomic E-state index is 0.00975. The first-order valence-electron chi connectivity index (χ1n) is 10.7. The van der Waals surface area contributed by atoms with Gasteiger partial charge < -0.3 is 19.7 Å². The first-order valence-corrected chi connectivity index (χ1v) is 10.7. The van der Waals surface area contributed by atoms with E-state index in [9.17, 15) is 14.4 Å². The van der Waals surface area contributed by atoms with Gasteiger partial charge in [-0.3, -0.25) is 14.4 Å². The van der Waals surface area contributed by atoms with E-state index in [1.165, 1.54) is 7.11 Å². The Morgan fingerprint density at radius 2 is 1.82 bits per heavy atom. The Hall–Kier alpha value is -1.63. The van der Waals surface area contributed by atoms with Gasteiger partial charge in [0, 0.05) is 32.2 Å². The van der Waals surface area contributed by atoms with Crippen LogP contribution < -0.4 is 5.32 Å². The number of rotatable bonds is 8. The fourth-order valence-corrected chi connectivity index (χ4v) is 5.00. The van der Waals surface area contributed by atoms with Crippen molar-refractivity contribution in [3.05, 3.63) is 0 Å². The first kappa shape index (κ1) is 21.1. The molecule has 0 unspecified atom stereocenters. The van der Waals surface area contributed by atoms with Crippen LogP contribution in [-0.4, -0.2) is 62.1 Å². The number of hydrogen-bond acceptors (Lipinski definition) is 5. The van der Waals surface area contributed by atoms with Gasteiger partial charge in [0.25, 0.3) is 0 Å². The molecule has 2 amide bonds. The van der Waals surface area contributed by atoms with Crippen LogP contribution in [-0.2, 0) is 23.9 Å². The molecule has 3 aliphatic rings. The van der Waals surface area contributed by atoms with Crippen LogP contribution in [0.2, 0.25) is 0 Å². The largest absolute Gasteiger partial charge is 0.469 e. The van der Waals surface area contributed by atoms with E-state index < -0.39 is 0 Å². The molecule has 0 spiro atoms. The second-order valence-corrected chi connectivity index (χ2v) is 8.50. The fourth-order valence-electron chi connectivity index (χ4n) is 5.00. The molecular formula is C21H34N2O5. The topological polar surface area (TPSA) is 84.9 Å². The molecule has 0 aromatic rings. The van der Waals surface area contributed by atoms with Gasteiger partial charge in [-0.2, -0.15) is 0 Å². The van der Waals surface area contributed by atoms with Gasteiger partial charge in [0.15, 0.2) is 0 Å². The van der Waals surface area contributed by atoms with E-state index in [0.717, 1.165) is 38.5 Å². The molecule has 0 aromatic heterocycles. The first-order chi connectivity index (χ1) is 13.5. The fraction of sp³-hybridized carbons (Fsp3) is 0.857. The lowest BCUT2D eigenvalue weighted by Gasteiger charge is -2.29. The average Bonchev–Trinajstić information content (AvgIpc) is 3.14. The highest BCUT2D eigenvalue weighted by molar-refractivity contribution is 5.86. The number of likely N-dealkylation sites (tertiary alicyclic amines) is 1. The molecule has 0 bridgehead atoms. The van der Waals surface area contributed by atoms with Crippen LogP contribution in [0.25, 0.3) is 0 Å². The number of hydrogen-bond donors (Lipinski definition) is 1. The molecule has 1 heterocycles. The van der Waals surface area contributed by atoms with Crippen molar-refractivity contribution < 1.29 is 23.9 Å². The summed E-state index contributed by atoms with van der Waals surface area (Å²) in [6.45, 7) is 3.25. The number of esters is 1. The maximum atomic E-state index is 13.2. The van der Waals surface area contributed by atoms with Gasteiger partial charge in [0.05, 0.1) is 25.0 Å². The van der Waals surface area contributed by atoms with Crippen LogP contribution in [0.5, 0.6) is 0 Å². The Balaban J connectivity index is 1.56. The minimum Gasteiger partial charge on any atom is -0.469 e. The zero-order valence-electron chi connectivity index (χ0n) is 17.3. The molecular weight excluding hydrogens is 360 g/mol. The van der Waals surface area contributed by atoms with Gasteiger partial charge in [-0.15, -0.1) is 0 Å². The quantitative estimate of drug-likeness (QED) is 0.634. The van der Waals surface area contributed by atoms with Crippen LogP contribution >= 0.6 is 0 Å². The summed E-state index contributed by atoms with van der Waals surface area (Å²) in [6, 6.07) is 0.0397. The lowest BCUT2D eigenvalue weighted by atomic mass is 9.94. The Bertz CT molecular complexity index is 595. The molecule has 3 fully saturated rings. The number of carbonyl (C=O) groups is 3. The second kappa shape index (κ2) is 9.25.